The number of aryl methyl sites for hydroxylation is 1. The van der Waals surface area contributed by atoms with Crippen molar-refractivity contribution in [2.75, 3.05) is 26.2 Å². The SMILES string of the molecule is Cc1ccc(S(=O)(=O)N2CCC3(CC2)NC(=O)[C@@H]2CN(Cc4ccccc4)C[C@@H]23)cc1. The van der Waals surface area contributed by atoms with Crippen molar-refractivity contribution in [3.63, 3.8) is 0 Å². The van der Waals surface area contributed by atoms with E-state index in [9.17, 15) is 13.2 Å². The molecule has 6 nitrogen and oxygen atoms in total. The van der Waals surface area contributed by atoms with Gasteiger partial charge in [0, 0.05) is 44.2 Å². The number of nitrogens with one attached hydrogen (secondary N) is 1. The number of carbonyl (C=O) groups excluding carboxylic acids is 1. The Kier molecular flexibility index (Phi) is 5.15. The van der Waals surface area contributed by atoms with E-state index in [-0.39, 0.29) is 23.3 Å². The third-order valence-corrected chi connectivity index (χ3v) is 9.25. The number of hydrogen-bond donors (Lipinski definition) is 1. The van der Waals surface area contributed by atoms with Gasteiger partial charge in [-0.25, -0.2) is 8.42 Å². The van der Waals surface area contributed by atoms with Crippen molar-refractivity contribution < 1.29 is 13.2 Å². The highest BCUT2D eigenvalue weighted by atomic mass is 32.2. The topological polar surface area (TPSA) is 69.7 Å². The molecule has 0 saturated carbocycles. The van der Waals surface area contributed by atoms with E-state index in [4.69, 9.17) is 0 Å². The molecule has 31 heavy (non-hydrogen) atoms. The second kappa shape index (κ2) is 7.73. The number of sulfonamides is 1. The van der Waals surface area contributed by atoms with Gasteiger partial charge in [0.1, 0.15) is 0 Å². The number of piperidine rings is 1. The average molecular weight is 440 g/mol. The molecule has 1 spiro atoms. The van der Waals surface area contributed by atoms with Crippen molar-refractivity contribution in [3.8, 4) is 0 Å². The van der Waals surface area contributed by atoms with Crippen LogP contribution in [0.15, 0.2) is 59.5 Å². The lowest BCUT2D eigenvalue weighted by Crippen LogP contribution is -2.56. The monoisotopic (exact) mass is 439 g/mol. The molecular weight excluding hydrogens is 410 g/mol. The van der Waals surface area contributed by atoms with Gasteiger partial charge >= 0.3 is 0 Å². The number of benzene rings is 2. The Hall–Kier alpha value is -2.22. The summed E-state index contributed by atoms with van der Waals surface area (Å²) in [7, 11) is -3.50. The van der Waals surface area contributed by atoms with Crippen LogP contribution >= 0.6 is 0 Å². The quantitative estimate of drug-likeness (QED) is 0.794. The van der Waals surface area contributed by atoms with E-state index >= 15 is 0 Å². The highest BCUT2D eigenvalue weighted by Crippen LogP contribution is 2.44. The Morgan fingerprint density at radius 2 is 1.68 bits per heavy atom. The fourth-order valence-electron chi connectivity index (χ4n) is 5.59. The van der Waals surface area contributed by atoms with Crippen LogP contribution in [-0.2, 0) is 21.4 Å². The minimum atomic E-state index is -3.50. The highest BCUT2D eigenvalue weighted by Gasteiger charge is 2.57. The summed E-state index contributed by atoms with van der Waals surface area (Å²) in [5.74, 6) is 0.382. The predicted molar refractivity (Wildman–Crippen MR) is 119 cm³/mol. The molecule has 3 aliphatic heterocycles. The Bertz CT molecular complexity index is 1060. The van der Waals surface area contributed by atoms with Crippen molar-refractivity contribution in [3.05, 3.63) is 65.7 Å². The fourth-order valence-corrected chi connectivity index (χ4v) is 7.03. The molecular formula is C24H29N3O3S. The van der Waals surface area contributed by atoms with Crippen LogP contribution in [0.5, 0.6) is 0 Å². The first-order valence-corrected chi connectivity index (χ1v) is 12.5. The molecule has 0 unspecified atom stereocenters. The maximum atomic E-state index is 13.1. The van der Waals surface area contributed by atoms with Crippen LogP contribution < -0.4 is 5.32 Å². The molecule has 3 fully saturated rings. The Morgan fingerprint density at radius 3 is 2.35 bits per heavy atom. The van der Waals surface area contributed by atoms with E-state index < -0.39 is 10.0 Å². The van der Waals surface area contributed by atoms with Gasteiger partial charge in [0.15, 0.2) is 0 Å². The van der Waals surface area contributed by atoms with E-state index in [0.29, 0.717) is 30.8 Å². The van der Waals surface area contributed by atoms with Gasteiger partial charge in [0.25, 0.3) is 0 Å². The van der Waals surface area contributed by atoms with Crippen molar-refractivity contribution in [1.82, 2.24) is 14.5 Å². The minimum absolute atomic E-state index is 0.00367. The summed E-state index contributed by atoms with van der Waals surface area (Å²) in [5.41, 5.74) is 2.01. The van der Waals surface area contributed by atoms with Gasteiger partial charge in [0.2, 0.25) is 15.9 Å². The minimum Gasteiger partial charge on any atom is -0.350 e. The van der Waals surface area contributed by atoms with Gasteiger partial charge in [0.05, 0.1) is 10.8 Å². The van der Waals surface area contributed by atoms with Gasteiger partial charge in [-0.2, -0.15) is 4.31 Å². The summed E-state index contributed by atoms with van der Waals surface area (Å²) in [4.78, 5) is 15.5. The number of rotatable bonds is 4. The van der Waals surface area contributed by atoms with Gasteiger partial charge in [-0.3, -0.25) is 9.69 Å². The van der Waals surface area contributed by atoms with E-state index in [1.165, 1.54) is 5.56 Å². The third kappa shape index (κ3) is 3.69. The lowest BCUT2D eigenvalue weighted by molar-refractivity contribution is -0.123. The van der Waals surface area contributed by atoms with Crippen molar-refractivity contribution in [2.45, 2.75) is 36.7 Å². The number of nitrogens with zero attached hydrogens (tertiary/aromatic N) is 2. The largest absolute Gasteiger partial charge is 0.350 e. The van der Waals surface area contributed by atoms with Crippen LogP contribution in [-0.4, -0.2) is 55.2 Å². The van der Waals surface area contributed by atoms with Crippen LogP contribution in [0.2, 0.25) is 0 Å². The number of amides is 1. The standard InChI is InChI=1S/C24H29N3O3S/c1-18-7-9-20(10-8-18)31(29,30)27-13-11-24(12-14-27)22-17-26(16-21(22)23(28)25-24)15-19-5-3-2-4-6-19/h2-10,21-22H,11-17H2,1H3,(H,25,28)/t21-,22+/m1/s1. The Morgan fingerprint density at radius 1 is 1.00 bits per heavy atom. The second-order valence-corrected chi connectivity index (χ2v) is 11.2. The maximum absolute atomic E-state index is 13.1. The highest BCUT2D eigenvalue weighted by molar-refractivity contribution is 7.89. The first kappa shape index (κ1) is 20.7. The summed E-state index contributed by atoms with van der Waals surface area (Å²) < 4.78 is 27.7. The average Bonchev–Trinajstić information content (AvgIpc) is 3.29. The number of hydrogen-bond acceptors (Lipinski definition) is 4. The lowest BCUT2D eigenvalue weighted by Gasteiger charge is -2.42. The van der Waals surface area contributed by atoms with Crippen LogP contribution in [0.1, 0.15) is 24.0 Å². The number of likely N-dealkylation sites (tertiary alicyclic amines) is 1. The molecule has 5 rings (SSSR count). The molecule has 0 radical (unpaired) electrons. The van der Waals surface area contributed by atoms with Gasteiger partial charge in [-0.15, -0.1) is 0 Å². The zero-order valence-corrected chi connectivity index (χ0v) is 18.6. The summed E-state index contributed by atoms with van der Waals surface area (Å²) in [5, 5.41) is 3.29. The van der Waals surface area contributed by atoms with E-state index in [0.717, 1.165) is 25.2 Å². The van der Waals surface area contributed by atoms with Crippen LogP contribution in [0, 0.1) is 18.8 Å². The van der Waals surface area contributed by atoms with Crippen LogP contribution in [0.4, 0.5) is 0 Å². The third-order valence-electron chi connectivity index (χ3n) is 7.34. The van der Waals surface area contributed by atoms with Crippen molar-refractivity contribution in [1.29, 1.82) is 0 Å². The fraction of sp³-hybridized carbons (Fsp3) is 0.458. The molecule has 0 bridgehead atoms. The predicted octanol–water partition coefficient (Wildman–Crippen LogP) is 2.40. The number of fused-ring (bicyclic) bond motifs is 2. The first-order valence-electron chi connectivity index (χ1n) is 11.0. The molecule has 2 atom stereocenters. The Labute approximate surface area is 184 Å². The molecule has 1 amide bonds. The van der Waals surface area contributed by atoms with Gasteiger partial charge < -0.3 is 5.32 Å². The maximum Gasteiger partial charge on any atom is 0.243 e. The second-order valence-electron chi connectivity index (χ2n) is 9.26. The summed E-state index contributed by atoms with van der Waals surface area (Å²) in [6.07, 6.45) is 1.34. The first-order chi connectivity index (χ1) is 14.9. The zero-order chi connectivity index (χ0) is 21.6. The normalized spacial score (nSPS) is 26.2. The molecule has 0 aliphatic carbocycles. The molecule has 164 valence electrons. The van der Waals surface area contributed by atoms with E-state index in [2.05, 4.69) is 22.3 Å². The van der Waals surface area contributed by atoms with E-state index in [1.54, 1.807) is 16.4 Å². The number of carbonyl (C=O) groups is 1. The molecule has 2 aromatic carbocycles. The summed E-state index contributed by atoms with van der Waals surface area (Å²) >= 11 is 0. The van der Waals surface area contributed by atoms with Crippen molar-refractivity contribution >= 4 is 15.9 Å². The van der Waals surface area contributed by atoms with Crippen molar-refractivity contribution in [2.24, 2.45) is 11.8 Å². The Balaban J connectivity index is 1.28. The zero-order valence-electron chi connectivity index (χ0n) is 17.8. The van der Waals surface area contributed by atoms with Crippen LogP contribution in [0.25, 0.3) is 0 Å². The summed E-state index contributed by atoms with van der Waals surface area (Å²) in [6.45, 7) is 5.34. The molecule has 1 N–H and O–H groups in total. The molecule has 3 heterocycles. The van der Waals surface area contributed by atoms with Gasteiger partial charge in [-0.1, -0.05) is 48.0 Å². The van der Waals surface area contributed by atoms with Crippen LogP contribution in [0.3, 0.4) is 0 Å². The van der Waals surface area contributed by atoms with Gasteiger partial charge in [-0.05, 0) is 37.5 Å². The molecule has 3 saturated heterocycles. The molecule has 7 heteroatoms. The van der Waals surface area contributed by atoms with E-state index in [1.807, 2.05) is 37.3 Å². The summed E-state index contributed by atoms with van der Waals surface area (Å²) in [6, 6.07) is 17.4. The molecule has 2 aromatic rings. The molecule has 0 aromatic heterocycles. The smallest absolute Gasteiger partial charge is 0.243 e. The lowest BCUT2D eigenvalue weighted by atomic mass is 9.76. The molecule has 3 aliphatic rings.